The molecule has 0 unspecified atom stereocenters. The van der Waals surface area contributed by atoms with Gasteiger partial charge in [0.15, 0.2) is 0 Å². The number of hydrogen-bond donors (Lipinski definition) is 1. The molecule has 3 nitrogen and oxygen atoms in total. The Morgan fingerprint density at radius 1 is 0.905 bits per heavy atom. The first-order valence-electron chi connectivity index (χ1n) is 6.44. The second-order valence-corrected chi connectivity index (χ2v) is 4.97. The Kier molecular flexibility index (Phi) is 3.75. The summed E-state index contributed by atoms with van der Waals surface area (Å²) in [5.74, 6) is 0.494. The highest BCUT2D eigenvalue weighted by Gasteiger charge is 2.06. The first kappa shape index (κ1) is 13.5. The van der Waals surface area contributed by atoms with E-state index >= 15 is 0 Å². The van der Waals surface area contributed by atoms with Gasteiger partial charge in [0.2, 0.25) is 0 Å². The molecule has 1 N–H and O–H groups in total. The van der Waals surface area contributed by atoms with Gasteiger partial charge in [-0.25, -0.2) is 4.79 Å². The predicted molar refractivity (Wildman–Crippen MR) is 85.0 cm³/mol. The highest BCUT2D eigenvalue weighted by molar-refractivity contribution is 6.30. The van der Waals surface area contributed by atoms with Gasteiger partial charge in [-0.2, -0.15) is 0 Å². The van der Waals surface area contributed by atoms with Crippen LogP contribution in [0.2, 0.25) is 5.02 Å². The molecule has 0 atom stereocenters. The van der Waals surface area contributed by atoms with Crippen molar-refractivity contribution in [2.24, 2.45) is 0 Å². The third-order valence-electron chi connectivity index (χ3n) is 3.00. The third kappa shape index (κ3) is 3.33. The molecule has 0 aromatic heterocycles. The summed E-state index contributed by atoms with van der Waals surface area (Å²) < 4.78 is 5.27. The fraction of sp³-hybridized carbons (Fsp3) is 0. The van der Waals surface area contributed by atoms with E-state index in [1.165, 1.54) is 0 Å². The molecule has 1 amide bonds. The summed E-state index contributed by atoms with van der Waals surface area (Å²) in [6, 6.07) is 20.3. The lowest BCUT2D eigenvalue weighted by molar-refractivity contribution is 0.215. The van der Waals surface area contributed by atoms with Gasteiger partial charge >= 0.3 is 6.09 Å². The smallest absolute Gasteiger partial charge is 0.410 e. The SMILES string of the molecule is O=C(Nc1cccc(Cl)c1)Oc1ccc2ccccc2c1. The van der Waals surface area contributed by atoms with E-state index in [0.717, 1.165) is 10.8 Å². The topological polar surface area (TPSA) is 38.3 Å². The molecule has 0 aliphatic carbocycles. The monoisotopic (exact) mass is 297 g/mol. The van der Waals surface area contributed by atoms with Crippen molar-refractivity contribution in [2.75, 3.05) is 5.32 Å². The van der Waals surface area contributed by atoms with E-state index in [1.807, 2.05) is 36.4 Å². The summed E-state index contributed by atoms with van der Waals surface area (Å²) in [5, 5.41) is 5.30. The summed E-state index contributed by atoms with van der Waals surface area (Å²) in [5.41, 5.74) is 0.591. The molecule has 0 aliphatic rings. The van der Waals surface area contributed by atoms with Crippen LogP contribution in [0.1, 0.15) is 0 Å². The number of hydrogen-bond acceptors (Lipinski definition) is 2. The van der Waals surface area contributed by atoms with E-state index in [4.69, 9.17) is 16.3 Å². The number of anilines is 1. The second-order valence-electron chi connectivity index (χ2n) is 4.53. The van der Waals surface area contributed by atoms with E-state index in [-0.39, 0.29) is 0 Å². The highest BCUT2D eigenvalue weighted by Crippen LogP contribution is 2.21. The van der Waals surface area contributed by atoms with Gasteiger partial charge in [0.05, 0.1) is 0 Å². The Labute approximate surface area is 127 Å². The average molecular weight is 298 g/mol. The van der Waals surface area contributed by atoms with Crippen LogP contribution in [0, 0.1) is 0 Å². The number of nitrogens with one attached hydrogen (secondary N) is 1. The van der Waals surface area contributed by atoms with Crippen molar-refractivity contribution in [3.8, 4) is 5.75 Å². The van der Waals surface area contributed by atoms with E-state index in [1.54, 1.807) is 30.3 Å². The largest absolute Gasteiger partial charge is 0.417 e. The molecule has 0 saturated heterocycles. The standard InChI is InChI=1S/C17H12ClNO2/c18-14-6-3-7-15(11-14)19-17(20)21-16-9-8-12-4-1-2-5-13(12)10-16/h1-11H,(H,19,20). The van der Waals surface area contributed by atoms with Gasteiger partial charge in [-0.15, -0.1) is 0 Å². The van der Waals surface area contributed by atoms with Crippen LogP contribution >= 0.6 is 11.6 Å². The number of amides is 1. The summed E-state index contributed by atoms with van der Waals surface area (Å²) in [4.78, 5) is 11.9. The summed E-state index contributed by atoms with van der Waals surface area (Å²) in [6.45, 7) is 0. The van der Waals surface area contributed by atoms with Gasteiger partial charge in [0.1, 0.15) is 5.75 Å². The summed E-state index contributed by atoms with van der Waals surface area (Å²) in [6.07, 6.45) is -0.549. The van der Waals surface area contributed by atoms with E-state index in [2.05, 4.69) is 5.32 Å². The summed E-state index contributed by atoms with van der Waals surface area (Å²) in [7, 11) is 0. The lowest BCUT2D eigenvalue weighted by atomic mass is 10.1. The molecule has 0 bridgehead atoms. The Hall–Kier alpha value is -2.52. The van der Waals surface area contributed by atoms with Crippen molar-refractivity contribution in [1.82, 2.24) is 0 Å². The molecule has 3 rings (SSSR count). The molecule has 0 saturated carbocycles. The van der Waals surface area contributed by atoms with Crippen LogP contribution in [0.4, 0.5) is 10.5 Å². The van der Waals surface area contributed by atoms with Crippen molar-refractivity contribution < 1.29 is 9.53 Å². The molecule has 3 aromatic rings. The van der Waals surface area contributed by atoms with Crippen LogP contribution in [0.25, 0.3) is 10.8 Å². The lowest BCUT2D eigenvalue weighted by Gasteiger charge is -2.07. The van der Waals surface area contributed by atoms with Crippen LogP contribution < -0.4 is 10.1 Å². The third-order valence-corrected chi connectivity index (χ3v) is 3.24. The Morgan fingerprint density at radius 3 is 2.52 bits per heavy atom. The van der Waals surface area contributed by atoms with Crippen LogP contribution in [-0.2, 0) is 0 Å². The molecule has 21 heavy (non-hydrogen) atoms. The minimum absolute atomic E-state index is 0.494. The number of halogens is 1. The minimum Gasteiger partial charge on any atom is -0.410 e. The molecular formula is C17H12ClNO2. The first-order valence-corrected chi connectivity index (χ1v) is 6.82. The summed E-state index contributed by atoms with van der Waals surface area (Å²) >= 11 is 5.86. The molecule has 0 fully saturated rings. The molecule has 0 radical (unpaired) electrons. The highest BCUT2D eigenvalue weighted by atomic mass is 35.5. The fourth-order valence-electron chi connectivity index (χ4n) is 2.05. The van der Waals surface area contributed by atoms with Crippen molar-refractivity contribution in [1.29, 1.82) is 0 Å². The fourth-order valence-corrected chi connectivity index (χ4v) is 2.24. The molecule has 3 aromatic carbocycles. The molecule has 0 heterocycles. The van der Waals surface area contributed by atoms with Crippen molar-refractivity contribution in [3.63, 3.8) is 0 Å². The van der Waals surface area contributed by atoms with Gasteiger partial charge in [0, 0.05) is 10.7 Å². The number of carbonyl (C=O) groups is 1. The minimum atomic E-state index is -0.549. The Bertz CT molecular complexity index is 801. The maximum Gasteiger partial charge on any atom is 0.417 e. The number of ether oxygens (including phenoxy) is 1. The van der Waals surface area contributed by atoms with Crippen LogP contribution in [0.15, 0.2) is 66.7 Å². The van der Waals surface area contributed by atoms with E-state index in [9.17, 15) is 4.79 Å². The number of carbonyl (C=O) groups excluding carboxylic acids is 1. The van der Waals surface area contributed by atoms with Crippen LogP contribution in [0.5, 0.6) is 5.75 Å². The molecule has 0 aliphatic heterocycles. The zero-order valence-corrected chi connectivity index (χ0v) is 11.8. The maximum atomic E-state index is 11.9. The Morgan fingerprint density at radius 2 is 1.71 bits per heavy atom. The maximum absolute atomic E-state index is 11.9. The number of benzene rings is 3. The van der Waals surface area contributed by atoms with Crippen molar-refractivity contribution in [2.45, 2.75) is 0 Å². The Balaban J connectivity index is 1.74. The quantitative estimate of drug-likeness (QED) is 0.714. The van der Waals surface area contributed by atoms with Crippen LogP contribution in [-0.4, -0.2) is 6.09 Å². The lowest BCUT2D eigenvalue weighted by Crippen LogP contribution is -2.16. The number of rotatable bonds is 2. The predicted octanol–water partition coefficient (Wildman–Crippen LogP) is 5.10. The number of fused-ring (bicyclic) bond motifs is 1. The van der Waals surface area contributed by atoms with Gasteiger partial charge in [0.25, 0.3) is 0 Å². The van der Waals surface area contributed by atoms with E-state index in [0.29, 0.717) is 16.5 Å². The van der Waals surface area contributed by atoms with Gasteiger partial charge < -0.3 is 4.74 Å². The first-order chi connectivity index (χ1) is 10.2. The van der Waals surface area contributed by atoms with E-state index < -0.39 is 6.09 Å². The van der Waals surface area contributed by atoms with Crippen molar-refractivity contribution in [3.05, 3.63) is 71.8 Å². The zero-order chi connectivity index (χ0) is 14.7. The second kappa shape index (κ2) is 5.85. The van der Waals surface area contributed by atoms with Gasteiger partial charge in [-0.05, 0) is 41.1 Å². The van der Waals surface area contributed by atoms with Crippen molar-refractivity contribution >= 4 is 34.2 Å². The van der Waals surface area contributed by atoms with Gasteiger partial charge in [-0.3, -0.25) is 5.32 Å². The van der Waals surface area contributed by atoms with Gasteiger partial charge in [-0.1, -0.05) is 48.0 Å². The van der Waals surface area contributed by atoms with Crippen LogP contribution in [0.3, 0.4) is 0 Å². The molecular weight excluding hydrogens is 286 g/mol. The normalized spacial score (nSPS) is 10.3. The molecule has 0 spiro atoms. The zero-order valence-electron chi connectivity index (χ0n) is 11.0. The molecule has 4 heteroatoms. The molecule has 104 valence electrons. The average Bonchev–Trinajstić information content (AvgIpc) is 2.47.